The van der Waals surface area contributed by atoms with Crippen LogP contribution in [-0.4, -0.2) is 33.4 Å². The first-order chi connectivity index (χ1) is 16.5. The summed E-state index contributed by atoms with van der Waals surface area (Å²) in [5, 5.41) is 2.58. The molecule has 0 saturated carbocycles. The molecule has 0 radical (unpaired) electrons. The van der Waals surface area contributed by atoms with E-state index >= 15 is 0 Å². The molecule has 1 amide bonds. The average Bonchev–Trinajstić information content (AvgIpc) is 3.19. The fourth-order valence-corrected chi connectivity index (χ4v) is 4.44. The smallest absolute Gasteiger partial charge is 0.227 e. The second-order valence-corrected chi connectivity index (χ2v) is 8.49. The van der Waals surface area contributed by atoms with E-state index in [4.69, 9.17) is 4.98 Å². The third-order valence-corrected chi connectivity index (χ3v) is 6.23. The van der Waals surface area contributed by atoms with Gasteiger partial charge in [0.05, 0.1) is 23.3 Å². The van der Waals surface area contributed by atoms with Gasteiger partial charge in [-0.1, -0.05) is 12.1 Å². The molecule has 0 unspecified atom stereocenters. The van der Waals surface area contributed by atoms with E-state index in [1.165, 1.54) is 18.2 Å². The van der Waals surface area contributed by atoms with Crippen molar-refractivity contribution in [3.8, 4) is 5.69 Å². The van der Waals surface area contributed by atoms with Gasteiger partial charge in [-0.2, -0.15) is 0 Å². The molecule has 1 aromatic heterocycles. The minimum Gasteiger partial charge on any atom is -0.323 e. The van der Waals surface area contributed by atoms with E-state index in [-0.39, 0.29) is 23.3 Å². The van der Waals surface area contributed by atoms with Gasteiger partial charge < -0.3 is 5.32 Å². The molecule has 0 bridgehead atoms. The van der Waals surface area contributed by atoms with Crippen LogP contribution in [0.25, 0.3) is 16.7 Å². The van der Waals surface area contributed by atoms with Gasteiger partial charge in [0, 0.05) is 17.7 Å². The van der Waals surface area contributed by atoms with Crippen molar-refractivity contribution in [3.63, 3.8) is 0 Å². The Morgan fingerprint density at radius 3 is 2.38 bits per heavy atom. The number of amides is 1. The van der Waals surface area contributed by atoms with Crippen LogP contribution in [0.4, 0.5) is 18.9 Å². The predicted octanol–water partition coefficient (Wildman–Crippen LogP) is 5.29. The van der Waals surface area contributed by atoms with Crippen LogP contribution in [0.5, 0.6) is 0 Å². The van der Waals surface area contributed by atoms with E-state index in [1.54, 1.807) is 12.1 Å². The van der Waals surface area contributed by atoms with E-state index < -0.39 is 11.6 Å². The summed E-state index contributed by atoms with van der Waals surface area (Å²) in [4.78, 5) is 19.7. The maximum absolute atomic E-state index is 13.9. The van der Waals surface area contributed by atoms with E-state index in [0.717, 1.165) is 34.7 Å². The van der Waals surface area contributed by atoms with Gasteiger partial charge in [-0.15, -0.1) is 0 Å². The second kappa shape index (κ2) is 9.30. The lowest BCUT2D eigenvalue weighted by atomic mass is 9.95. The molecule has 174 valence electrons. The Labute approximate surface area is 194 Å². The molecule has 3 aromatic carbocycles. The predicted molar refractivity (Wildman–Crippen MR) is 124 cm³/mol. The third-order valence-electron chi connectivity index (χ3n) is 6.23. The van der Waals surface area contributed by atoms with Crippen LogP contribution in [0.1, 0.15) is 18.7 Å². The Morgan fingerprint density at radius 1 is 0.941 bits per heavy atom. The number of fused-ring (bicyclic) bond motifs is 1. The topological polar surface area (TPSA) is 50.2 Å². The maximum atomic E-state index is 13.9. The lowest BCUT2D eigenvalue weighted by Crippen LogP contribution is -2.38. The van der Waals surface area contributed by atoms with Crippen LogP contribution >= 0.6 is 0 Å². The van der Waals surface area contributed by atoms with Crippen LogP contribution in [0, 0.1) is 23.4 Å². The number of likely N-dealkylation sites (tertiary alicyclic amines) is 1. The summed E-state index contributed by atoms with van der Waals surface area (Å²) in [6.07, 6.45) is 1.23. The zero-order valence-electron chi connectivity index (χ0n) is 18.3. The molecule has 0 aliphatic carbocycles. The molecule has 5 rings (SSSR count). The number of halogens is 3. The maximum Gasteiger partial charge on any atom is 0.227 e. The molecule has 1 saturated heterocycles. The molecule has 0 spiro atoms. The average molecular weight is 464 g/mol. The Morgan fingerprint density at radius 2 is 1.65 bits per heavy atom. The molecule has 1 fully saturated rings. The van der Waals surface area contributed by atoms with Crippen molar-refractivity contribution >= 4 is 22.6 Å². The van der Waals surface area contributed by atoms with E-state index in [9.17, 15) is 18.0 Å². The van der Waals surface area contributed by atoms with Gasteiger partial charge >= 0.3 is 0 Å². The largest absolute Gasteiger partial charge is 0.323 e. The van der Waals surface area contributed by atoms with Crippen LogP contribution in [0.2, 0.25) is 0 Å². The van der Waals surface area contributed by atoms with Gasteiger partial charge in [-0.25, -0.2) is 18.2 Å². The van der Waals surface area contributed by atoms with Crippen molar-refractivity contribution in [2.45, 2.75) is 19.4 Å². The lowest BCUT2D eigenvalue weighted by molar-refractivity contribution is -0.121. The molecular formula is C26H23F3N4O. The van der Waals surface area contributed by atoms with E-state index in [2.05, 4.69) is 10.2 Å². The molecule has 34 heavy (non-hydrogen) atoms. The molecule has 1 N–H and O–H groups in total. The Bertz CT molecular complexity index is 1330. The first-order valence-corrected chi connectivity index (χ1v) is 11.2. The highest BCUT2D eigenvalue weighted by atomic mass is 19.1. The van der Waals surface area contributed by atoms with Crippen molar-refractivity contribution in [1.82, 2.24) is 14.5 Å². The van der Waals surface area contributed by atoms with Gasteiger partial charge in [0.1, 0.15) is 23.3 Å². The summed E-state index contributed by atoms with van der Waals surface area (Å²) in [6, 6.07) is 17.3. The number of rotatable bonds is 5. The normalized spacial score (nSPS) is 15.0. The van der Waals surface area contributed by atoms with Crippen molar-refractivity contribution in [1.29, 1.82) is 0 Å². The van der Waals surface area contributed by atoms with Crippen molar-refractivity contribution < 1.29 is 18.0 Å². The first-order valence-electron chi connectivity index (χ1n) is 11.2. The standard InChI is InChI=1S/C26H23F3N4O/c27-18-5-8-20(9-6-18)33-24-4-2-1-3-23(24)30-25(33)16-32-13-11-17(12-14-32)26(34)31-22-10-7-19(28)15-21(22)29/h1-10,15,17H,11-14,16H2,(H,31,34). The summed E-state index contributed by atoms with van der Waals surface area (Å²) < 4.78 is 42.5. The highest BCUT2D eigenvalue weighted by Gasteiger charge is 2.27. The van der Waals surface area contributed by atoms with Crippen LogP contribution in [0.15, 0.2) is 66.7 Å². The Balaban J connectivity index is 1.28. The number of piperidine rings is 1. The minimum absolute atomic E-state index is 0.0122. The zero-order valence-corrected chi connectivity index (χ0v) is 18.3. The summed E-state index contributed by atoms with van der Waals surface area (Å²) in [5.41, 5.74) is 2.62. The highest BCUT2D eigenvalue weighted by Crippen LogP contribution is 2.26. The Kier molecular flexibility index (Phi) is 6.06. The molecular weight excluding hydrogens is 441 g/mol. The Hall–Kier alpha value is -3.65. The second-order valence-electron chi connectivity index (χ2n) is 8.49. The first kappa shape index (κ1) is 22.2. The summed E-state index contributed by atoms with van der Waals surface area (Å²) in [5.74, 6) is -1.44. The van der Waals surface area contributed by atoms with E-state index in [1.807, 2.05) is 28.8 Å². The summed E-state index contributed by atoms with van der Waals surface area (Å²) >= 11 is 0. The SMILES string of the molecule is O=C(Nc1ccc(F)cc1F)C1CCN(Cc2nc3ccccc3n2-c2ccc(F)cc2)CC1. The van der Waals surface area contributed by atoms with E-state index in [0.29, 0.717) is 32.5 Å². The number of carbonyl (C=O) groups excluding carboxylic acids is 1. The summed E-state index contributed by atoms with van der Waals surface area (Å²) in [6.45, 7) is 1.93. The molecule has 1 aliphatic heterocycles. The molecule has 8 heteroatoms. The summed E-state index contributed by atoms with van der Waals surface area (Å²) in [7, 11) is 0. The van der Waals surface area contributed by atoms with Crippen molar-refractivity contribution in [2.24, 2.45) is 5.92 Å². The third kappa shape index (κ3) is 4.54. The number of hydrogen-bond donors (Lipinski definition) is 1. The number of carbonyl (C=O) groups is 1. The number of para-hydroxylation sites is 2. The van der Waals surface area contributed by atoms with Crippen LogP contribution in [0.3, 0.4) is 0 Å². The van der Waals surface area contributed by atoms with Crippen LogP contribution < -0.4 is 5.32 Å². The van der Waals surface area contributed by atoms with Crippen LogP contribution in [-0.2, 0) is 11.3 Å². The minimum atomic E-state index is -0.787. The van der Waals surface area contributed by atoms with Crippen molar-refractivity contribution in [2.75, 3.05) is 18.4 Å². The quantitative estimate of drug-likeness (QED) is 0.437. The molecule has 1 aliphatic rings. The number of aromatic nitrogens is 2. The monoisotopic (exact) mass is 464 g/mol. The van der Waals surface area contributed by atoms with Crippen molar-refractivity contribution in [3.05, 3.63) is 90.0 Å². The fraction of sp³-hybridized carbons (Fsp3) is 0.231. The number of imidazole rings is 1. The molecule has 2 heterocycles. The highest BCUT2D eigenvalue weighted by molar-refractivity contribution is 5.92. The van der Waals surface area contributed by atoms with Gasteiger partial charge in [-0.3, -0.25) is 14.3 Å². The number of nitrogens with one attached hydrogen (secondary N) is 1. The van der Waals surface area contributed by atoms with Gasteiger partial charge in [0.15, 0.2) is 0 Å². The fourth-order valence-electron chi connectivity index (χ4n) is 4.44. The number of benzene rings is 3. The number of hydrogen-bond acceptors (Lipinski definition) is 3. The number of anilines is 1. The molecule has 5 nitrogen and oxygen atoms in total. The zero-order chi connectivity index (χ0) is 23.7. The molecule has 0 atom stereocenters. The van der Waals surface area contributed by atoms with Gasteiger partial charge in [0.2, 0.25) is 5.91 Å². The molecule has 4 aromatic rings. The number of nitrogens with zero attached hydrogens (tertiary/aromatic N) is 3. The van der Waals surface area contributed by atoms with Gasteiger partial charge in [-0.05, 0) is 74.5 Å². The van der Waals surface area contributed by atoms with Gasteiger partial charge in [0.25, 0.3) is 0 Å². The lowest BCUT2D eigenvalue weighted by Gasteiger charge is -2.31.